The van der Waals surface area contributed by atoms with Crippen LogP contribution >= 0.6 is 0 Å². The van der Waals surface area contributed by atoms with Crippen molar-refractivity contribution in [2.75, 3.05) is 4.90 Å². The number of nitrogens with zero attached hydrogens (tertiary/aromatic N) is 1. The zero-order valence-corrected chi connectivity index (χ0v) is 12.8. The second kappa shape index (κ2) is 5.35. The van der Waals surface area contributed by atoms with Crippen molar-refractivity contribution in [3.8, 4) is 0 Å². The SMILES string of the molecule is CC(C)C(=O)N1c2ccccc2C=CC1C(C)(C)C(=O)O. The molecule has 0 bridgehead atoms. The third-order valence-corrected chi connectivity index (χ3v) is 3.95. The van der Waals surface area contributed by atoms with E-state index in [2.05, 4.69) is 0 Å². The Kier molecular flexibility index (Phi) is 3.90. The van der Waals surface area contributed by atoms with E-state index in [1.54, 1.807) is 18.7 Å². The molecule has 1 aliphatic heterocycles. The van der Waals surface area contributed by atoms with Crippen LogP contribution in [0.3, 0.4) is 0 Å². The molecule has 1 aliphatic rings. The monoisotopic (exact) mass is 287 g/mol. The van der Waals surface area contributed by atoms with E-state index in [1.165, 1.54) is 0 Å². The molecule has 0 spiro atoms. The predicted molar refractivity (Wildman–Crippen MR) is 83.0 cm³/mol. The number of carbonyl (C=O) groups is 2. The minimum absolute atomic E-state index is 0.0638. The van der Waals surface area contributed by atoms with Gasteiger partial charge in [0.15, 0.2) is 0 Å². The molecule has 0 radical (unpaired) electrons. The smallest absolute Gasteiger partial charge is 0.311 e. The standard InChI is InChI=1S/C17H21NO3/c1-11(2)15(19)18-13-8-6-5-7-12(13)9-10-14(18)17(3,4)16(20)21/h5-11,14H,1-4H3,(H,20,21). The van der Waals surface area contributed by atoms with Crippen LogP contribution in [0.15, 0.2) is 30.3 Å². The van der Waals surface area contributed by atoms with Gasteiger partial charge in [-0.05, 0) is 25.5 Å². The van der Waals surface area contributed by atoms with Crippen LogP contribution in [-0.2, 0) is 9.59 Å². The summed E-state index contributed by atoms with van der Waals surface area (Å²) >= 11 is 0. The Morgan fingerprint density at radius 1 is 1.24 bits per heavy atom. The highest BCUT2D eigenvalue weighted by atomic mass is 16.4. The van der Waals surface area contributed by atoms with Crippen molar-refractivity contribution in [2.45, 2.75) is 33.7 Å². The lowest BCUT2D eigenvalue weighted by Gasteiger charge is -2.41. The van der Waals surface area contributed by atoms with Gasteiger partial charge in [0.2, 0.25) is 5.91 Å². The molecule has 0 fully saturated rings. The summed E-state index contributed by atoms with van der Waals surface area (Å²) in [4.78, 5) is 25.9. The van der Waals surface area contributed by atoms with Gasteiger partial charge in [-0.15, -0.1) is 0 Å². The number of carbonyl (C=O) groups excluding carboxylic acids is 1. The predicted octanol–water partition coefficient (Wildman–Crippen LogP) is 3.18. The summed E-state index contributed by atoms with van der Waals surface area (Å²) in [6.45, 7) is 6.96. The summed E-state index contributed by atoms with van der Waals surface area (Å²) in [7, 11) is 0. The number of carboxylic acids is 1. The van der Waals surface area contributed by atoms with E-state index in [4.69, 9.17) is 0 Å². The van der Waals surface area contributed by atoms with E-state index < -0.39 is 17.4 Å². The topological polar surface area (TPSA) is 57.6 Å². The number of benzene rings is 1. The van der Waals surface area contributed by atoms with Crippen molar-refractivity contribution in [2.24, 2.45) is 11.3 Å². The fourth-order valence-electron chi connectivity index (χ4n) is 2.50. The lowest BCUT2D eigenvalue weighted by molar-refractivity contribution is -0.147. The Morgan fingerprint density at radius 3 is 2.43 bits per heavy atom. The number of aliphatic carboxylic acids is 1. The number of anilines is 1. The third-order valence-electron chi connectivity index (χ3n) is 3.95. The molecule has 112 valence electrons. The maximum atomic E-state index is 12.6. The highest BCUT2D eigenvalue weighted by Gasteiger charge is 2.43. The largest absolute Gasteiger partial charge is 0.481 e. The minimum atomic E-state index is -1.06. The lowest BCUT2D eigenvalue weighted by atomic mass is 9.80. The first kappa shape index (κ1) is 15.3. The molecule has 0 aliphatic carbocycles. The maximum absolute atomic E-state index is 12.6. The Bertz CT molecular complexity index is 602. The van der Waals surface area contributed by atoms with Gasteiger partial charge in [0.25, 0.3) is 0 Å². The fourth-order valence-corrected chi connectivity index (χ4v) is 2.50. The van der Waals surface area contributed by atoms with Gasteiger partial charge < -0.3 is 10.0 Å². The second-order valence-corrected chi connectivity index (χ2v) is 6.25. The number of fused-ring (bicyclic) bond motifs is 1. The Hall–Kier alpha value is -2.10. The Morgan fingerprint density at radius 2 is 1.86 bits per heavy atom. The molecule has 4 heteroatoms. The molecule has 4 nitrogen and oxygen atoms in total. The van der Waals surface area contributed by atoms with Gasteiger partial charge in [0.1, 0.15) is 0 Å². The zero-order valence-electron chi connectivity index (χ0n) is 12.8. The molecule has 21 heavy (non-hydrogen) atoms. The maximum Gasteiger partial charge on any atom is 0.311 e. The minimum Gasteiger partial charge on any atom is -0.481 e. The average Bonchev–Trinajstić information content (AvgIpc) is 2.44. The molecular formula is C17H21NO3. The van der Waals surface area contributed by atoms with E-state index in [1.807, 2.05) is 50.3 Å². The highest BCUT2D eigenvalue weighted by Crippen LogP contribution is 2.37. The molecule has 1 N–H and O–H groups in total. The second-order valence-electron chi connectivity index (χ2n) is 6.25. The number of hydrogen-bond donors (Lipinski definition) is 1. The number of para-hydroxylation sites is 1. The summed E-state index contributed by atoms with van der Waals surface area (Å²) in [5.74, 6) is -1.18. The Balaban J connectivity index is 2.57. The molecule has 1 atom stereocenters. The summed E-state index contributed by atoms with van der Waals surface area (Å²) in [6, 6.07) is 7.06. The van der Waals surface area contributed by atoms with Gasteiger partial charge in [-0.2, -0.15) is 0 Å². The number of amides is 1. The van der Waals surface area contributed by atoms with Gasteiger partial charge >= 0.3 is 5.97 Å². The molecule has 1 amide bonds. The van der Waals surface area contributed by atoms with Crippen molar-refractivity contribution < 1.29 is 14.7 Å². The van der Waals surface area contributed by atoms with Crippen LogP contribution in [0.1, 0.15) is 33.3 Å². The summed E-state index contributed by atoms with van der Waals surface area (Å²) < 4.78 is 0. The molecule has 1 aromatic carbocycles. The highest BCUT2D eigenvalue weighted by molar-refractivity contribution is 6.00. The van der Waals surface area contributed by atoms with Crippen LogP contribution < -0.4 is 4.90 Å². The van der Waals surface area contributed by atoms with Gasteiger partial charge in [0.05, 0.1) is 17.1 Å². The van der Waals surface area contributed by atoms with Crippen molar-refractivity contribution >= 4 is 23.6 Å². The molecular weight excluding hydrogens is 266 g/mol. The number of hydrogen-bond acceptors (Lipinski definition) is 2. The van der Waals surface area contributed by atoms with Crippen LogP contribution in [-0.4, -0.2) is 23.0 Å². The molecule has 0 aromatic heterocycles. The lowest BCUT2D eigenvalue weighted by Crippen LogP contribution is -2.53. The van der Waals surface area contributed by atoms with Crippen LogP contribution in [0.5, 0.6) is 0 Å². The average molecular weight is 287 g/mol. The van der Waals surface area contributed by atoms with E-state index in [0.717, 1.165) is 11.3 Å². The van der Waals surface area contributed by atoms with Crippen molar-refractivity contribution in [3.05, 3.63) is 35.9 Å². The first-order valence-corrected chi connectivity index (χ1v) is 7.10. The fraction of sp³-hybridized carbons (Fsp3) is 0.412. The van der Waals surface area contributed by atoms with Gasteiger partial charge in [0, 0.05) is 5.92 Å². The quantitative estimate of drug-likeness (QED) is 0.929. The van der Waals surface area contributed by atoms with E-state index in [-0.39, 0.29) is 11.8 Å². The van der Waals surface area contributed by atoms with Gasteiger partial charge in [-0.25, -0.2) is 0 Å². The van der Waals surface area contributed by atoms with Crippen LogP contribution in [0.2, 0.25) is 0 Å². The van der Waals surface area contributed by atoms with E-state index in [0.29, 0.717) is 0 Å². The number of rotatable bonds is 3. The molecule has 1 heterocycles. The molecule has 1 unspecified atom stereocenters. The normalized spacial score (nSPS) is 17.8. The number of carboxylic acid groups (broad SMARTS) is 1. The van der Waals surface area contributed by atoms with Crippen LogP contribution in [0.25, 0.3) is 6.08 Å². The zero-order chi connectivity index (χ0) is 15.8. The first-order valence-electron chi connectivity index (χ1n) is 7.10. The summed E-state index contributed by atoms with van der Waals surface area (Å²) in [5.41, 5.74) is 0.649. The van der Waals surface area contributed by atoms with Gasteiger partial charge in [-0.3, -0.25) is 9.59 Å². The van der Waals surface area contributed by atoms with E-state index >= 15 is 0 Å². The van der Waals surface area contributed by atoms with Crippen molar-refractivity contribution in [1.82, 2.24) is 0 Å². The van der Waals surface area contributed by atoms with Crippen molar-refractivity contribution in [1.29, 1.82) is 0 Å². The van der Waals surface area contributed by atoms with Crippen LogP contribution in [0.4, 0.5) is 5.69 Å². The third kappa shape index (κ3) is 2.58. The van der Waals surface area contributed by atoms with Crippen LogP contribution in [0, 0.1) is 11.3 Å². The first-order chi connectivity index (χ1) is 9.76. The molecule has 1 aromatic rings. The molecule has 0 saturated carbocycles. The van der Waals surface area contributed by atoms with E-state index in [9.17, 15) is 14.7 Å². The Labute approximate surface area is 125 Å². The molecule has 0 saturated heterocycles. The summed E-state index contributed by atoms with van der Waals surface area (Å²) in [6.07, 6.45) is 3.71. The van der Waals surface area contributed by atoms with Gasteiger partial charge in [-0.1, -0.05) is 44.2 Å². The van der Waals surface area contributed by atoms with Crippen molar-refractivity contribution in [3.63, 3.8) is 0 Å². The summed E-state index contributed by atoms with van der Waals surface area (Å²) in [5, 5.41) is 9.51. The molecule has 2 rings (SSSR count).